The summed E-state index contributed by atoms with van der Waals surface area (Å²) in [6, 6.07) is 9.31. The number of piperidine rings is 1. The molecule has 1 aromatic carbocycles. The fourth-order valence-electron chi connectivity index (χ4n) is 2.41. The van der Waals surface area contributed by atoms with Crippen LogP contribution in [-0.4, -0.2) is 43.2 Å². The number of benzene rings is 1. The van der Waals surface area contributed by atoms with Gasteiger partial charge in [0.15, 0.2) is 0 Å². The van der Waals surface area contributed by atoms with E-state index >= 15 is 0 Å². The zero-order chi connectivity index (χ0) is 15.1. The van der Waals surface area contributed by atoms with Crippen molar-refractivity contribution in [3.63, 3.8) is 0 Å². The number of carbonyl (C=O) groups excluding carboxylic acids is 1. The predicted molar refractivity (Wildman–Crippen MR) is 77.9 cm³/mol. The van der Waals surface area contributed by atoms with E-state index in [2.05, 4.69) is 11.0 Å². The molecule has 0 aliphatic carbocycles. The van der Waals surface area contributed by atoms with E-state index in [1.54, 1.807) is 12.1 Å². The van der Waals surface area contributed by atoms with Gasteiger partial charge in [-0.2, -0.15) is 5.26 Å². The molecule has 0 amide bonds. The molecule has 0 atom stereocenters. The second-order valence-electron chi connectivity index (χ2n) is 5.04. The molecule has 1 heterocycles. The first-order chi connectivity index (χ1) is 10.2. The van der Waals surface area contributed by atoms with Gasteiger partial charge in [-0.1, -0.05) is 6.07 Å². The van der Waals surface area contributed by atoms with E-state index in [1.807, 2.05) is 19.1 Å². The van der Waals surface area contributed by atoms with Gasteiger partial charge in [-0.05, 0) is 38.0 Å². The predicted octanol–water partition coefficient (Wildman–Crippen LogP) is 1.96. The molecule has 0 radical (unpaired) electrons. The summed E-state index contributed by atoms with van der Waals surface area (Å²) >= 11 is 0. The van der Waals surface area contributed by atoms with Gasteiger partial charge in [0.05, 0.1) is 24.8 Å². The lowest BCUT2D eigenvalue weighted by Crippen LogP contribution is -2.41. The van der Waals surface area contributed by atoms with E-state index in [0.717, 1.165) is 31.7 Å². The van der Waals surface area contributed by atoms with Crippen LogP contribution in [0.1, 0.15) is 25.3 Å². The van der Waals surface area contributed by atoms with Gasteiger partial charge in [0, 0.05) is 13.1 Å². The van der Waals surface area contributed by atoms with Crippen molar-refractivity contribution in [3.8, 4) is 11.8 Å². The van der Waals surface area contributed by atoms with Crippen molar-refractivity contribution in [2.45, 2.75) is 25.9 Å². The van der Waals surface area contributed by atoms with Crippen LogP contribution >= 0.6 is 0 Å². The van der Waals surface area contributed by atoms with Crippen molar-refractivity contribution in [1.29, 1.82) is 5.26 Å². The molecule has 0 unspecified atom stereocenters. The minimum absolute atomic E-state index is 0.136. The topological polar surface area (TPSA) is 62.6 Å². The van der Waals surface area contributed by atoms with Crippen molar-refractivity contribution >= 4 is 5.97 Å². The van der Waals surface area contributed by atoms with Crippen LogP contribution < -0.4 is 4.74 Å². The fourth-order valence-corrected chi connectivity index (χ4v) is 2.41. The first-order valence-electron chi connectivity index (χ1n) is 7.26. The maximum absolute atomic E-state index is 11.4. The zero-order valence-electron chi connectivity index (χ0n) is 12.2. The monoisotopic (exact) mass is 288 g/mol. The number of rotatable bonds is 5. The van der Waals surface area contributed by atoms with Crippen molar-refractivity contribution in [2.75, 3.05) is 26.2 Å². The molecule has 0 spiro atoms. The summed E-state index contributed by atoms with van der Waals surface area (Å²) in [4.78, 5) is 13.5. The van der Waals surface area contributed by atoms with E-state index in [0.29, 0.717) is 18.7 Å². The Morgan fingerprint density at radius 2 is 2.19 bits per heavy atom. The third-order valence-electron chi connectivity index (χ3n) is 3.46. The summed E-state index contributed by atoms with van der Waals surface area (Å²) < 4.78 is 10.9. The summed E-state index contributed by atoms with van der Waals surface area (Å²) in [5.74, 6) is 0.566. The Labute approximate surface area is 125 Å². The quantitative estimate of drug-likeness (QED) is 0.775. The Morgan fingerprint density at radius 1 is 1.43 bits per heavy atom. The van der Waals surface area contributed by atoms with Gasteiger partial charge in [-0.25, -0.2) is 0 Å². The summed E-state index contributed by atoms with van der Waals surface area (Å²) in [5.41, 5.74) is 0.604. The molecule has 2 rings (SSSR count). The first kappa shape index (κ1) is 15.3. The van der Waals surface area contributed by atoms with Crippen LogP contribution in [0.5, 0.6) is 5.75 Å². The molecule has 1 aromatic rings. The molecule has 112 valence electrons. The molecular weight excluding hydrogens is 268 g/mol. The Bertz CT molecular complexity index is 516. The molecular formula is C16H20N2O3. The molecule has 0 aromatic heterocycles. The Morgan fingerprint density at radius 3 is 2.86 bits per heavy atom. The number of esters is 1. The number of likely N-dealkylation sites (tertiary alicyclic amines) is 1. The highest BCUT2D eigenvalue weighted by molar-refractivity contribution is 5.71. The average Bonchev–Trinajstić information content (AvgIpc) is 2.50. The highest BCUT2D eigenvalue weighted by atomic mass is 16.5. The van der Waals surface area contributed by atoms with E-state index in [4.69, 9.17) is 14.7 Å². The Hall–Kier alpha value is -2.06. The van der Waals surface area contributed by atoms with Crippen molar-refractivity contribution in [2.24, 2.45) is 0 Å². The molecule has 5 nitrogen and oxygen atoms in total. The smallest absolute Gasteiger partial charge is 0.320 e. The first-order valence-corrected chi connectivity index (χ1v) is 7.26. The maximum Gasteiger partial charge on any atom is 0.320 e. The normalized spacial score (nSPS) is 16.2. The van der Waals surface area contributed by atoms with Gasteiger partial charge in [-0.15, -0.1) is 0 Å². The standard InChI is InChI=1S/C16H20N2O3/c1-2-20-16(19)12-18-8-6-14(7-9-18)21-15-5-3-4-13(10-15)11-17/h3-5,10,14H,2,6-9,12H2,1H3. The number of nitriles is 1. The van der Waals surface area contributed by atoms with Crippen LogP contribution in [0.4, 0.5) is 0 Å². The van der Waals surface area contributed by atoms with Gasteiger partial charge in [-0.3, -0.25) is 9.69 Å². The highest BCUT2D eigenvalue weighted by Gasteiger charge is 2.22. The molecule has 1 aliphatic rings. The van der Waals surface area contributed by atoms with E-state index < -0.39 is 0 Å². The number of nitrogens with zero attached hydrogens (tertiary/aromatic N) is 2. The molecule has 21 heavy (non-hydrogen) atoms. The van der Waals surface area contributed by atoms with Gasteiger partial charge < -0.3 is 9.47 Å². The largest absolute Gasteiger partial charge is 0.490 e. The molecule has 5 heteroatoms. The summed E-state index contributed by atoms with van der Waals surface area (Å²) in [6.07, 6.45) is 1.88. The van der Waals surface area contributed by atoms with Crippen LogP contribution in [0.15, 0.2) is 24.3 Å². The summed E-state index contributed by atoms with van der Waals surface area (Å²) in [7, 11) is 0. The van der Waals surface area contributed by atoms with E-state index in [9.17, 15) is 4.79 Å². The zero-order valence-corrected chi connectivity index (χ0v) is 12.2. The number of hydrogen-bond acceptors (Lipinski definition) is 5. The number of ether oxygens (including phenoxy) is 2. The molecule has 0 saturated carbocycles. The number of carbonyl (C=O) groups is 1. The second-order valence-corrected chi connectivity index (χ2v) is 5.04. The fraction of sp³-hybridized carbons (Fsp3) is 0.500. The van der Waals surface area contributed by atoms with Crippen molar-refractivity contribution in [3.05, 3.63) is 29.8 Å². The lowest BCUT2D eigenvalue weighted by Gasteiger charge is -2.31. The lowest BCUT2D eigenvalue weighted by atomic mass is 10.1. The van der Waals surface area contributed by atoms with Gasteiger partial charge in [0.25, 0.3) is 0 Å². The van der Waals surface area contributed by atoms with Crippen LogP contribution in [0.3, 0.4) is 0 Å². The van der Waals surface area contributed by atoms with E-state index in [-0.39, 0.29) is 12.1 Å². The van der Waals surface area contributed by atoms with Crippen LogP contribution in [0.2, 0.25) is 0 Å². The van der Waals surface area contributed by atoms with Crippen LogP contribution in [0.25, 0.3) is 0 Å². The third-order valence-corrected chi connectivity index (χ3v) is 3.46. The SMILES string of the molecule is CCOC(=O)CN1CCC(Oc2cccc(C#N)c2)CC1. The van der Waals surface area contributed by atoms with Crippen LogP contribution in [0, 0.1) is 11.3 Å². The van der Waals surface area contributed by atoms with E-state index in [1.165, 1.54) is 0 Å². The minimum atomic E-state index is -0.168. The molecule has 0 bridgehead atoms. The summed E-state index contributed by atoms with van der Waals surface area (Å²) in [5, 5.41) is 8.87. The van der Waals surface area contributed by atoms with Gasteiger partial charge in [0.1, 0.15) is 11.9 Å². The third kappa shape index (κ3) is 4.76. The lowest BCUT2D eigenvalue weighted by molar-refractivity contribution is -0.144. The van der Waals surface area contributed by atoms with Crippen molar-refractivity contribution < 1.29 is 14.3 Å². The molecule has 1 fully saturated rings. The van der Waals surface area contributed by atoms with Crippen LogP contribution in [-0.2, 0) is 9.53 Å². The average molecular weight is 288 g/mol. The minimum Gasteiger partial charge on any atom is -0.490 e. The van der Waals surface area contributed by atoms with Gasteiger partial charge >= 0.3 is 5.97 Å². The van der Waals surface area contributed by atoms with Crippen molar-refractivity contribution in [1.82, 2.24) is 4.90 Å². The Kier molecular flexibility index (Phi) is 5.59. The second kappa shape index (κ2) is 7.65. The Balaban J connectivity index is 1.79. The maximum atomic E-state index is 11.4. The molecule has 1 aliphatic heterocycles. The summed E-state index contributed by atoms with van der Waals surface area (Å²) in [6.45, 7) is 4.23. The molecule has 0 N–H and O–H groups in total. The highest BCUT2D eigenvalue weighted by Crippen LogP contribution is 2.20. The molecule has 1 saturated heterocycles. The van der Waals surface area contributed by atoms with Gasteiger partial charge in [0.2, 0.25) is 0 Å². The number of hydrogen-bond donors (Lipinski definition) is 0.